The van der Waals surface area contributed by atoms with Gasteiger partial charge >= 0.3 is 18.2 Å². The first-order valence-corrected chi connectivity index (χ1v) is 6.46. The van der Waals surface area contributed by atoms with E-state index in [2.05, 4.69) is 10.3 Å². The number of likely N-dealkylation sites (tertiary alicyclic amines) is 1. The van der Waals surface area contributed by atoms with Gasteiger partial charge in [-0.1, -0.05) is 6.07 Å². The molecule has 1 aliphatic heterocycles. The van der Waals surface area contributed by atoms with Crippen molar-refractivity contribution in [1.29, 1.82) is 0 Å². The van der Waals surface area contributed by atoms with Crippen molar-refractivity contribution in [3.8, 4) is 0 Å². The number of aryl methyl sites for hydroxylation is 1. The predicted molar refractivity (Wildman–Crippen MR) is 70.2 cm³/mol. The van der Waals surface area contributed by atoms with Gasteiger partial charge in [-0.25, -0.2) is 9.78 Å². The molecule has 1 saturated heterocycles. The Labute approximate surface area is 123 Å². The lowest BCUT2D eigenvalue weighted by Gasteiger charge is -2.18. The Morgan fingerprint density at radius 1 is 1.36 bits per heavy atom. The molecule has 22 heavy (non-hydrogen) atoms. The van der Waals surface area contributed by atoms with E-state index in [1.54, 1.807) is 13.0 Å². The number of carbonyl (C=O) groups is 2. The van der Waals surface area contributed by atoms with Crippen LogP contribution in [0.1, 0.15) is 5.56 Å². The maximum absolute atomic E-state index is 12.8. The molecule has 1 fully saturated rings. The normalized spacial score (nSPS) is 21.7. The van der Waals surface area contributed by atoms with Crippen LogP contribution >= 0.6 is 0 Å². The van der Waals surface area contributed by atoms with Crippen LogP contribution in [0.3, 0.4) is 0 Å². The van der Waals surface area contributed by atoms with E-state index in [1.807, 2.05) is 0 Å². The number of alkyl halides is 3. The van der Waals surface area contributed by atoms with Gasteiger partial charge in [-0.15, -0.1) is 0 Å². The molecular weight excluding hydrogens is 303 g/mol. The average Bonchev–Trinajstić information content (AvgIpc) is 2.86. The Morgan fingerprint density at radius 2 is 2.05 bits per heavy atom. The first kappa shape index (κ1) is 16.1. The number of hydrogen-bond donors (Lipinski definition) is 2. The zero-order valence-corrected chi connectivity index (χ0v) is 11.6. The van der Waals surface area contributed by atoms with Crippen molar-refractivity contribution in [3.05, 3.63) is 23.9 Å². The Hall–Kier alpha value is -2.32. The lowest BCUT2D eigenvalue weighted by atomic mass is 9.96. The number of aromatic nitrogens is 1. The fourth-order valence-corrected chi connectivity index (χ4v) is 2.28. The summed E-state index contributed by atoms with van der Waals surface area (Å²) < 4.78 is 38.5. The number of nitrogens with zero attached hydrogens (tertiary/aromatic N) is 2. The Bertz CT molecular complexity index is 574. The molecule has 1 aromatic rings. The predicted octanol–water partition coefficient (Wildman–Crippen LogP) is 2.12. The highest BCUT2D eigenvalue weighted by molar-refractivity contribution is 5.89. The molecule has 0 aliphatic carbocycles. The minimum absolute atomic E-state index is 0.193. The minimum atomic E-state index is -4.67. The second kappa shape index (κ2) is 5.82. The van der Waals surface area contributed by atoms with Gasteiger partial charge in [0, 0.05) is 19.3 Å². The van der Waals surface area contributed by atoms with E-state index in [0.29, 0.717) is 0 Å². The van der Waals surface area contributed by atoms with Crippen molar-refractivity contribution >= 4 is 17.8 Å². The Morgan fingerprint density at radius 3 is 2.50 bits per heavy atom. The van der Waals surface area contributed by atoms with E-state index in [1.165, 1.54) is 12.3 Å². The van der Waals surface area contributed by atoms with Crippen molar-refractivity contribution < 1.29 is 27.9 Å². The fourth-order valence-electron chi connectivity index (χ4n) is 2.28. The molecular formula is C13H14F3N3O3. The summed E-state index contributed by atoms with van der Waals surface area (Å²) in [5.41, 5.74) is 0.863. The molecule has 2 heterocycles. The third-order valence-electron chi connectivity index (χ3n) is 3.49. The maximum atomic E-state index is 12.8. The van der Waals surface area contributed by atoms with Crippen LogP contribution in [0, 0.1) is 18.8 Å². The zero-order chi connectivity index (χ0) is 16.5. The zero-order valence-electron chi connectivity index (χ0n) is 11.6. The highest BCUT2D eigenvalue weighted by atomic mass is 19.4. The van der Waals surface area contributed by atoms with Crippen LogP contribution in [0.2, 0.25) is 0 Å². The molecule has 1 aromatic heterocycles. The molecule has 2 N–H and O–H groups in total. The van der Waals surface area contributed by atoms with Gasteiger partial charge in [-0.2, -0.15) is 13.2 Å². The summed E-state index contributed by atoms with van der Waals surface area (Å²) in [7, 11) is 0. The molecule has 2 rings (SSSR count). The second-order valence-corrected chi connectivity index (χ2v) is 5.15. The summed E-state index contributed by atoms with van der Waals surface area (Å²) in [5.74, 6) is -5.09. The number of rotatable bonds is 2. The molecule has 0 bridgehead atoms. The van der Waals surface area contributed by atoms with Gasteiger partial charge in [0.25, 0.3) is 0 Å². The summed E-state index contributed by atoms with van der Waals surface area (Å²) in [4.78, 5) is 27.7. The lowest BCUT2D eigenvalue weighted by molar-refractivity contribution is -0.187. The minimum Gasteiger partial charge on any atom is -0.481 e. The van der Waals surface area contributed by atoms with Gasteiger partial charge < -0.3 is 10.0 Å². The van der Waals surface area contributed by atoms with Crippen LogP contribution in [-0.2, 0) is 4.79 Å². The van der Waals surface area contributed by atoms with E-state index in [4.69, 9.17) is 5.11 Å². The van der Waals surface area contributed by atoms with Crippen LogP contribution in [0.4, 0.5) is 23.8 Å². The monoisotopic (exact) mass is 317 g/mol. The number of carboxylic acid groups (broad SMARTS) is 1. The first-order chi connectivity index (χ1) is 10.2. The Kier molecular flexibility index (Phi) is 4.25. The fraction of sp³-hybridized carbons (Fsp3) is 0.462. The summed E-state index contributed by atoms with van der Waals surface area (Å²) in [6.45, 7) is 0.625. The number of pyridine rings is 1. The van der Waals surface area contributed by atoms with Crippen molar-refractivity contribution in [2.45, 2.75) is 13.1 Å². The van der Waals surface area contributed by atoms with Crippen molar-refractivity contribution in [3.63, 3.8) is 0 Å². The van der Waals surface area contributed by atoms with E-state index < -0.39 is 43.1 Å². The van der Waals surface area contributed by atoms with Gasteiger partial charge in [-0.05, 0) is 18.6 Å². The smallest absolute Gasteiger partial charge is 0.394 e. The van der Waals surface area contributed by atoms with Gasteiger partial charge in [0.1, 0.15) is 5.82 Å². The summed E-state index contributed by atoms with van der Waals surface area (Å²) in [6, 6.07) is 2.40. The van der Waals surface area contributed by atoms with E-state index >= 15 is 0 Å². The maximum Gasteiger partial charge on any atom is 0.394 e. The van der Waals surface area contributed by atoms with Gasteiger partial charge in [0.15, 0.2) is 0 Å². The molecule has 120 valence electrons. The van der Waals surface area contributed by atoms with Crippen LogP contribution in [0.25, 0.3) is 0 Å². The molecule has 0 saturated carbocycles. The van der Waals surface area contributed by atoms with Crippen LogP contribution in [-0.4, -0.2) is 46.3 Å². The molecule has 6 nitrogen and oxygen atoms in total. The van der Waals surface area contributed by atoms with Gasteiger partial charge in [0.2, 0.25) is 0 Å². The highest BCUT2D eigenvalue weighted by Gasteiger charge is 2.53. The number of nitrogens with one attached hydrogen (secondary N) is 1. The van der Waals surface area contributed by atoms with Crippen molar-refractivity contribution in [1.82, 2.24) is 9.88 Å². The number of anilines is 1. The Balaban J connectivity index is 2.08. The second-order valence-electron chi connectivity index (χ2n) is 5.15. The number of halogens is 3. The van der Waals surface area contributed by atoms with Crippen LogP contribution in [0.5, 0.6) is 0 Å². The van der Waals surface area contributed by atoms with Crippen LogP contribution < -0.4 is 5.32 Å². The molecule has 0 radical (unpaired) electrons. The summed E-state index contributed by atoms with van der Waals surface area (Å²) in [5, 5.41) is 11.3. The van der Waals surface area contributed by atoms with E-state index in [0.717, 1.165) is 10.5 Å². The van der Waals surface area contributed by atoms with Crippen LogP contribution in [0.15, 0.2) is 18.3 Å². The quantitative estimate of drug-likeness (QED) is 0.875. The van der Waals surface area contributed by atoms with E-state index in [-0.39, 0.29) is 5.82 Å². The molecule has 9 heteroatoms. The molecule has 0 spiro atoms. The number of carbonyl (C=O) groups excluding carboxylic acids is 1. The summed E-state index contributed by atoms with van der Waals surface area (Å²) in [6.07, 6.45) is -3.17. The third kappa shape index (κ3) is 3.46. The molecule has 0 aromatic carbocycles. The number of amides is 2. The average molecular weight is 317 g/mol. The summed E-state index contributed by atoms with van der Waals surface area (Å²) >= 11 is 0. The largest absolute Gasteiger partial charge is 0.481 e. The first-order valence-electron chi connectivity index (χ1n) is 6.46. The highest BCUT2D eigenvalue weighted by Crippen LogP contribution is 2.37. The van der Waals surface area contributed by atoms with Crippen molar-refractivity contribution in [2.75, 3.05) is 18.4 Å². The standard InChI is InChI=1S/C13H14F3N3O3/c1-7-2-3-10(17-4-7)18-12(22)19-5-8(11(20)21)9(6-19)13(14,15)16/h2-4,8-9H,5-6H2,1H3,(H,20,21)(H,17,18,22)/t8-,9-/m1/s1. The van der Waals surface area contributed by atoms with Gasteiger partial charge in [-0.3, -0.25) is 10.1 Å². The number of carboxylic acids is 1. The molecule has 2 amide bonds. The molecule has 1 aliphatic rings. The third-order valence-corrected chi connectivity index (χ3v) is 3.49. The molecule has 0 unspecified atom stereocenters. The number of hydrogen-bond acceptors (Lipinski definition) is 3. The van der Waals surface area contributed by atoms with Crippen molar-refractivity contribution in [2.24, 2.45) is 11.8 Å². The van der Waals surface area contributed by atoms with Gasteiger partial charge in [0.05, 0.1) is 11.8 Å². The number of aliphatic carboxylic acids is 1. The lowest BCUT2D eigenvalue weighted by Crippen LogP contribution is -2.35. The van der Waals surface area contributed by atoms with E-state index in [9.17, 15) is 22.8 Å². The number of urea groups is 1. The SMILES string of the molecule is Cc1ccc(NC(=O)N2C[C@@H](C(F)(F)F)[C@H](C(=O)O)C2)nc1. The molecule has 2 atom stereocenters. The topological polar surface area (TPSA) is 82.5 Å².